The monoisotopic (exact) mass is 277 g/mol. The van der Waals surface area contributed by atoms with Crippen LogP contribution in [-0.4, -0.2) is 23.0 Å². The first-order chi connectivity index (χ1) is 9.52. The second-order valence-electron chi connectivity index (χ2n) is 7.09. The molecule has 4 nitrogen and oxygen atoms in total. The maximum atomic E-state index is 12.7. The predicted octanol–water partition coefficient (Wildman–Crippen LogP) is 2.35. The molecule has 4 bridgehead atoms. The molecule has 0 saturated heterocycles. The van der Waals surface area contributed by atoms with Crippen molar-refractivity contribution in [3.63, 3.8) is 0 Å². The fourth-order valence-corrected chi connectivity index (χ4v) is 5.09. The van der Waals surface area contributed by atoms with Crippen molar-refractivity contribution in [3.05, 3.63) is 12.7 Å². The van der Waals surface area contributed by atoms with Crippen LogP contribution in [0.15, 0.2) is 12.7 Å². The molecule has 4 saturated carbocycles. The zero-order valence-corrected chi connectivity index (χ0v) is 11.8. The van der Waals surface area contributed by atoms with Crippen LogP contribution in [0, 0.1) is 23.2 Å². The molecular weight excluding hydrogens is 254 g/mol. The normalized spacial score (nSPS) is 39.3. The number of rotatable bonds is 5. The van der Waals surface area contributed by atoms with Gasteiger partial charge in [0.25, 0.3) is 0 Å². The highest BCUT2D eigenvalue weighted by Gasteiger charge is 2.54. The van der Waals surface area contributed by atoms with E-state index >= 15 is 0 Å². The Kier molecular flexibility index (Phi) is 3.35. The minimum Gasteiger partial charge on any atom is -0.480 e. The van der Waals surface area contributed by atoms with Gasteiger partial charge >= 0.3 is 5.97 Å². The summed E-state index contributed by atoms with van der Waals surface area (Å²) in [4.78, 5) is 23.9. The molecule has 0 radical (unpaired) electrons. The quantitative estimate of drug-likeness (QED) is 0.758. The highest BCUT2D eigenvalue weighted by Crippen LogP contribution is 2.60. The number of aliphatic carboxylic acids is 1. The Morgan fingerprint density at radius 3 is 2.10 bits per heavy atom. The van der Waals surface area contributed by atoms with Crippen LogP contribution < -0.4 is 5.32 Å². The minimum absolute atomic E-state index is 0.0224. The highest BCUT2D eigenvalue weighted by molar-refractivity contribution is 5.88. The summed E-state index contributed by atoms with van der Waals surface area (Å²) < 4.78 is 0. The second kappa shape index (κ2) is 4.90. The number of carboxylic acid groups (broad SMARTS) is 1. The third kappa shape index (κ3) is 2.25. The summed E-state index contributed by atoms with van der Waals surface area (Å²) in [6.45, 7) is 3.57. The van der Waals surface area contributed by atoms with Gasteiger partial charge in [-0.25, -0.2) is 4.79 Å². The number of nitrogens with one attached hydrogen (secondary N) is 1. The Hall–Kier alpha value is -1.32. The van der Waals surface area contributed by atoms with Crippen molar-refractivity contribution in [1.29, 1.82) is 0 Å². The van der Waals surface area contributed by atoms with Gasteiger partial charge in [0.1, 0.15) is 6.04 Å². The van der Waals surface area contributed by atoms with Crippen molar-refractivity contribution in [2.24, 2.45) is 23.2 Å². The predicted molar refractivity (Wildman–Crippen MR) is 75.0 cm³/mol. The van der Waals surface area contributed by atoms with Crippen molar-refractivity contribution in [2.45, 2.75) is 51.0 Å². The van der Waals surface area contributed by atoms with Gasteiger partial charge in [0.15, 0.2) is 0 Å². The van der Waals surface area contributed by atoms with Gasteiger partial charge in [-0.2, -0.15) is 0 Å². The van der Waals surface area contributed by atoms with E-state index in [1.54, 1.807) is 6.08 Å². The van der Waals surface area contributed by atoms with Crippen LogP contribution in [-0.2, 0) is 9.59 Å². The molecule has 2 N–H and O–H groups in total. The molecule has 4 aliphatic rings. The van der Waals surface area contributed by atoms with Crippen LogP contribution in [0.3, 0.4) is 0 Å². The van der Waals surface area contributed by atoms with E-state index in [0.717, 1.165) is 19.3 Å². The van der Waals surface area contributed by atoms with Crippen molar-refractivity contribution in [1.82, 2.24) is 5.32 Å². The molecule has 110 valence electrons. The van der Waals surface area contributed by atoms with Gasteiger partial charge < -0.3 is 10.4 Å². The van der Waals surface area contributed by atoms with Crippen LogP contribution in [0.4, 0.5) is 0 Å². The number of carboxylic acids is 1. The molecule has 0 spiro atoms. The van der Waals surface area contributed by atoms with Gasteiger partial charge in [-0.15, -0.1) is 6.58 Å². The zero-order chi connectivity index (χ0) is 14.3. The Morgan fingerprint density at radius 1 is 1.20 bits per heavy atom. The molecule has 4 fully saturated rings. The van der Waals surface area contributed by atoms with Crippen LogP contribution in [0.25, 0.3) is 0 Å². The maximum absolute atomic E-state index is 12.7. The minimum atomic E-state index is -0.969. The van der Waals surface area contributed by atoms with Crippen LogP contribution in [0.1, 0.15) is 44.9 Å². The topological polar surface area (TPSA) is 66.4 Å². The Labute approximate surface area is 119 Å². The lowest BCUT2D eigenvalue weighted by Crippen LogP contribution is -2.56. The number of carbonyl (C=O) groups is 2. The largest absolute Gasteiger partial charge is 0.480 e. The highest BCUT2D eigenvalue weighted by atomic mass is 16.4. The number of hydrogen-bond donors (Lipinski definition) is 2. The summed E-state index contributed by atoms with van der Waals surface area (Å²) in [7, 11) is 0. The lowest BCUT2D eigenvalue weighted by atomic mass is 9.49. The lowest BCUT2D eigenvalue weighted by molar-refractivity contribution is -0.151. The molecule has 4 heteroatoms. The van der Waals surface area contributed by atoms with E-state index in [0.29, 0.717) is 17.8 Å². The Bertz CT molecular complexity index is 408. The summed E-state index contributed by atoms with van der Waals surface area (Å²) in [6.07, 6.45) is 8.57. The average Bonchev–Trinajstić information content (AvgIpc) is 2.36. The third-order valence-corrected chi connectivity index (χ3v) is 5.53. The van der Waals surface area contributed by atoms with E-state index < -0.39 is 12.0 Å². The van der Waals surface area contributed by atoms with Gasteiger partial charge in [0.05, 0.1) is 0 Å². The molecule has 0 aliphatic heterocycles. The van der Waals surface area contributed by atoms with Crippen LogP contribution in [0.5, 0.6) is 0 Å². The van der Waals surface area contributed by atoms with Gasteiger partial charge in [-0.05, 0) is 62.7 Å². The van der Waals surface area contributed by atoms with Crippen LogP contribution in [0.2, 0.25) is 0 Å². The number of carbonyl (C=O) groups excluding carboxylic acids is 1. The molecule has 4 rings (SSSR count). The number of amides is 1. The molecular formula is C16H23NO3. The van der Waals surface area contributed by atoms with Crippen molar-refractivity contribution in [3.8, 4) is 0 Å². The standard InChI is InChI=1S/C16H23NO3/c1-2-3-13(14(18)19)17-15(20)16-7-10-4-11(8-16)6-12(5-10)9-16/h2,10-13H,1,3-9H2,(H,17,20)(H,18,19)/t10?,11?,12?,13-,16?/m1/s1. The van der Waals surface area contributed by atoms with E-state index in [9.17, 15) is 14.7 Å². The lowest BCUT2D eigenvalue weighted by Gasteiger charge is -2.55. The van der Waals surface area contributed by atoms with Crippen molar-refractivity contribution in [2.75, 3.05) is 0 Å². The third-order valence-electron chi connectivity index (χ3n) is 5.53. The van der Waals surface area contributed by atoms with E-state index in [2.05, 4.69) is 11.9 Å². The molecule has 0 unspecified atom stereocenters. The molecule has 0 aromatic carbocycles. The van der Waals surface area contributed by atoms with E-state index in [-0.39, 0.29) is 17.7 Å². The van der Waals surface area contributed by atoms with Gasteiger partial charge in [-0.1, -0.05) is 6.08 Å². The maximum Gasteiger partial charge on any atom is 0.326 e. The first-order valence-electron chi connectivity index (χ1n) is 7.67. The smallest absolute Gasteiger partial charge is 0.326 e. The molecule has 1 amide bonds. The van der Waals surface area contributed by atoms with Gasteiger partial charge in [0.2, 0.25) is 5.91 Å². The number of hydrogen-bond acceptors (Lipinski definition) is 2. The summed E-state index contributed by atoms with van der Waals surface area (Å²) in [6, 6.07) is -0.826. The second-order valence-corrected chi connectivity index (χ2v) is 7.09. The van der Waals surface area contributed by atoms with Gasteiger partial charge in [-0.3, -0.25) is 4.79 Å². The first-order valence-corrected chi connectivity index (χ1v) is 7.67. The molecule has 1 atom stereocenters. The molecule has 0 aromatic heterocycles. The molecule has 0 aromatic rings. The van der Waals surface area contributed by atoms with Crippen molar-refractivity contribution >= 4 is 11.9 Å². The Morgan fingerprint density at radius 2 is 1.70 bits per heavy atom. The fraction of sp³-hybridized carbons (Fsp3) is 0.750. The van der Waals surface area contributed by atoms with E-state index in [1.807, 2.05) is 0 Å². The summed E-state index contributed by atoms with van der Waals surface area (Å²) in [5.41, 5.74) is -0.274. The van der Waals surface area contributed by atoms with Crippen LogP contribution >= 0.6 is 0 Å². The fourth-order valence-electron chi connectivity index (χ4n) is 5.09. The molecule has 20 heavy (non-hydrogen) atoms. The average molecular weight is 277 g/mol. The SMILES string of the molecule is C=CC[C@@H](NC(=O)C12CC3CC(CC(C3)C1)C2)C(=O)O. The van der Waals surface area contributed by atoms with Crippen molar-refractivity contribution < 1.29 is 14.7 Å². The summed E-state index contributed by atoms with van der Waals surface area (Å²) >= 11 is 0. The summed E-state index contributed by atoms with van der Waals surface area (Å²) in [5.74, 6) is 1.08. The van der Waals surface area contributed by atoms with Gasteiger partial charge in [0, 0.05) is 5.41 Å². The first kappa shape index (κ1) is 13.7. The summed E-state index contributed by atoms with van der Waals surface area (Å²) in [5, 5.41) is 11.9. The van der Waals surface area contributed by atoms with E-state index in [1.165, 1.54) is 19.3 Å². The van der Waals surface area contributed by atoms with E-state index in [4.69, 9.17) is 0 Å². The molecule has 0 heterocycles. The zero-order valence-electron chi connectivity index (χ0n) is 11.8. The molecule has 4 aliphatic carbocycles. The Balaban J connectivity index is 1.73.